The summed E-state index contributed by atoms with van der Waals surface area (Å²) in [5, 5.41) is 3.66. The molecule has 1 fully saturated rings. The van der Waals surface area contributed by atoms with Gasteiger partial charge < -0.3 is 10.2 Å². The molecule has 2 nitrogen and oxygen atoms in total. The zero-order chi connectivity index (χ0) is 13.0. The van der Waals surface area contributed by atoms with E-state index in [1.54, 1.807) is 0 Å². The number of nitrogens with one attached hydrogen (secondary N) is 1. The molecule has 1 saturated heterocycles. The summed E-state index contributed by atoms with van der Waals surface area (Å²) in [7, 11) is 0. The van der Waals surface area contributed by atoms with Crippen LogP contribution >= 0.6 is 0 Å². The van der Waals surface area contributed by atoms with Gasteiger partial charge >= 0.3 is 0 Å². The van der Waals surface area contributed by atoms with E-state index in [2.05, 4.69) is 55.3 Å². The van der Waals surface area contributed by atoms with Gasteiger partial charge in [-0.3, -0.25) is 0 Å². The molecule has 1 aromatic carbocycles. The summed E-state index contributed by atoms with van der Waals surface area (Å²) in [5.74, 6) is 0. The molecule has 0 saturated carbocycles. The molecule has 1 heterocycles. The fraction of sp³-hybridized carbons (Fsp3) is 0.625. The topological polar surface area (TPSA) is 15.3 Å². The summed E-state index contributed by atoms with van der Waals surface area (Å²) < 4.78 is 0. The van der Waals surface area contributed by atoms with E-state index in [1.807, 2.05) is 0 Å². The second-order valence-corrected chi connectivity index (χ2v) is 5.50. The second-order valence-electron chi connectivity index (χ2n) is 5.50. The van der Waals surface area contributed by atoms with Crippen molar-refractivity contribution in [3.63, 3.8) is 0 Å². The number of hydrogen-bond acceptors (Lipinski definition) is 2. The molecule has 1 N–H and O–H groups in total. The van der Waals surface area contributed by atoms with Crippen molar-refractivity contribution in [2.45, 2.75) is 52.1 Å². The van der Waals surface area contributed by atoms with Gasteiger partial charge in [0.1, 0.15) is 0 Å². The number of benzene rings is 1. The average molecular weight is 246 g/mol. The molecule has 0 radical (unpaired) electrons. The molecule has 0 aliphatic carbocycles. The van der Waals surface area contributed by atoms with Crippen molar-refractivity contribution in [3.05, 3.63) is 29.8 Å². The van der Waals surface area contributed by atoms with E-state index in [0.29, 0.717) is 12.1 Å². The molecule has 0 aromatic heterocycles. The van der Waals surface area contributed by atoms with Gasteiger partial charge in [-0.05, 0) is 51.3 Å². The Morgan fingerprint density at radius 1 is 1.33 bits per heavy atom. The molecule has 0 spiro atoms. The largest absolute Gasteiger partial charge is 0.368 e. The maximum absolute atomic E-state index is 3.66. The number of piperidine rings is 1. The number of hydrogen-bond donors (Lipinski definition) is 1. The third kappa shape index (κ3) is 3.05. The van der Waals surface area contributed by atoms with Gasteiger partial charge in [0.05, 0.1) is 0 Å². The molecular weight excluding hydrogens is 220 g/mol. The van der Waals surface area contributed by atoms with Gasteiger partial charge in [0.2, 0.25) is 0 Å². The zero-order valence-corrected chi connectivity index (χ0v) is 11.9. The van der Waals surface area contributed by atoms with Crippen LogP contribution in [0.1, 0.15) is 38.7 Å². The fourth-order valence-electron chi connectivity index (χ4n) is 2.95. The van der Waals surface area contributed by atoms with Crippen LogP contribution in [0.2, 0.25) is 0 Å². The summed E-state index contributed by atoms with van der Waals surface area (Å²) in [5.41, 5.74) is 2.81. The predicted octanol–water partition coefficient (Wildman–Crippen LogP) is 3.35. The predicted molar refractivity (Wildman–Crippen MR) is 79.3 cm³/mol. The molecule has 1 aliphatic rings. The highest BCUT2D eigenvalue weighted by atomic mass is 15.2. The second kappa shape index (κ2) is 6.24. The fourth-order valence-corrected chi connectivity index (χ4v) is 2.95. The molecule has 0 amide bonds. The van der Waals surface area contributed by atoms with E-state index >= 15 is 0 Å². The first-order valence-corrected chi connectivity index (χ1v) is 7.28. The van der Waals surface area contributed by atoms with Gasteiger partial charge in [-0.2, -0.15) is 0 Å². The highest BCUT2D eigenvalue weighted by Gasteiger charge is 2.25. The lowest BCUT2D eigenvalue weighted by molar-refractivity contribution is 0.368. The van der Waals surface area contributed by atoms with Gasteiger partial charge in [-0.1, -0.05) is 25.1 Å². The molecule has 2 atom stereocenters. The molecule has 1 aromatic rings. The van der Waals surface area contributed by atoms with Crippen LogP contribution in [0.3, 0.4) is 0 Å². The van der Waals surface area contributed by atoms with Crippen molar-refractivity contribution in [1.82, 2.24) is 5.32 Å². The van der Waals surface area contributed by atoms with E-state index < -0.39 is 0 Å². The lowest BCUT2D eigenvalue weighted by atomic mass is 9.96. The summed E-state index contributed by atoms with van der Waals surface area (Å²) in [6.07, 6.45) is 3.75. The van der Waals surface area contributed by atoms with Crippen LogP contribution < -0.4 is 10.2 Å². The SMILES string of the molecule is CCCNC1CCN(c2ccccc2C)C(C)C1. The minimum absolute atomic E-state index is 0.634. The Bertz CT molecular complexity index is 375. The zero-order valence-electron chi connectivity index (χ0n) is 11.9. The van der Waals surface area contributed by atoms with Gasteiger partial charge in [0.25, 0.3) is 0 Å². The van der Waals surface area contributed by atoms with Crippen molar-refractivity contribution in [3.8, 4) is 0 Å². The quantitative estimate of drug-likeness (QED) is 0.876. The highest BCUT2D eigenvalue weighted by molar-refractivity contribution is 5.54. The Kier molecular flexibility index (Phi) is 4.65. The Hall–Kier alpha value is -1.02. The number of aryl methyl sites for hydroxylation is 1. The van der Waals surface area contributed by atoms with Crippen molar-refractivity contribution in [2.24, 2.45) is 0 Å². The van der Waals surface area contributed by atoms with Crippen molar-refractivity contribution >= 4 is 5.69 Å². The molecule has 2 heteroatoms. The first kappa shape index (κ1) is 13.4. The Morgan fingerprint density at radius 2 is 2.11 bits per heavy atom. The van der Waals surface area contributed by atoms with Crippen LogP contribution in [-0.2, 0) is 0 Å². The van der Waals surface area contributed by atoms with Crippen molar-refractivity contribution in [1.29, 1.82) is 0 Å². The first-order valence-electron chi connectivity index (χ1n) is 7.28. The number of rotatable bonds is 4. The molecule has 18 heavy (non-hydrogen) atoms. The van der Waals surface area contributed by atoms with E-state index in [0.717, 1.165) is 6.54 Å². The van der Waals surface area contributed by atoms with Crippen LogP contribution in [0.25, 0.3) is 0 Å². The molecule has 2 unspecified atom stereocenters. The minimum Gasteiger partial charge on any atom is -0.368 e. The summed E-state index contributed by atoms with van der Waals surface area (Å²) >= 11 is 0. The summed E-state index contributed by atoms with van der Waals surface area (Å²) in [6, 6.07) is 10.1. The van der Waals surface area contributed by atoms with Gasteiger partial charge in [0.15, 0.2) is 0 Å². The third-order valence-electron chi connectivity index (χ3n) is 3.98. The standard InChI is InChI=1S/C16H26N2/c1-4-10-17-15-9-11-18(14(3)12-15)16-8-6-5-7-13(16)2/h5-8,14-15,17H,4,9-12H2,1-3H3. The lowest BCUT2D eigenvalue weighted by Crippen LogP contribution is -2.47. The van der Waals surface area contributed by atoms with Crippen LogP contribution in [-0.4, -0.2) is 25.2 Å². The van der Waals surface area contributed by atoms with Crippen molar-refractivity contribution < 1.29 is 0 Å². The van der Waals surface area contributed by atoms with Gasteiger partial charge in [-0.25, -0.2) is 0 Å². The average Bonchev–Trinajstić information content (AvgIpc) is 2.38. The normalized spacial score (nSPS) is 24.3. The van der Waals surface area contributed by atoms with Gasteiger partial charge in [0, 0.05) is 24.3 Å². The maximum Gasteiger partial charge on any atom is 0.0398 e. The Balaban J connectivity index is 1.99. The Morgan fingerprint density at radius 3 is 2.78 bits per heavy atom. The number of para-hydroxylation sites is 1. The molecule has 0 bridgehead atoms. The van der Waals surface area contributed by atoms with Crippen molar-refractivity contribution in [2.75, 3.05) is 18.0 Å². The Labute approximate surface area is 111 Å². The molecule has 2 rings (SSSR count). The summed E-state index contributed by atoms with van der Waals surface area (Å²) in [6.45, 7) is 9.13. The first-order chi connectivity index (χ1) is 8.72. The number of anilines is 1. The monoisotopic (exact) mass is 246 g/mol. The van der Waals surface area contributed by atoms with Crippen LogP contribution in [0.15, 0.2) is 24.3 Å². The minimum atomic E-state index is 0.634. The van der Waals surface area contributed by atoms with E-state index in [-0.39, 0.29) is 0 Å². The van der Waals surface area contributed by atoms with E-state index in [1.165, 1.54) is 37.1 Å². The lowest BCUT2D eigenvalue weighted by Gasteiger charge is -2.40. The van der Waals surface area contributed by atoms with Gasteiger partial charge in [-0.15, -0.1) is 0 Å². The van der Waals surface area contributed by atoms with E-state index in [4.69, 9.17) is 0 Å². The summed E-state index contributed by atoms with van der Waals surface area (Å²) in [4.78, 5) is 2.57. The van der Waals surface area contributed by atoms with Crippen LogP contribution in [0, 0.1) is 6.92 Å². The molecule has 1 aliphatic heterocycles. The smallest absolute Gasteiger partial charge is 0.0398 e. The highest BCUT2D eigenvalue weighted by Crippen LogP contribution is 2.27. The van der Waals surface area contributed by atoms with E-state index in [9.17, 15) is 0 Å². The van der Waals surface area contributed by atoms with Crippen LogP contribution in [0.4, 0.5) is 5.69 Å². The number of nitrogens with zero attached hydrogens (tertiary/aromatic N) is 1. The maximum atomic E-state index is 3.66. The third-order valence-corrected chi connectivity index (χ3v) is 3.98. The molecular formula is C16H26N2. The molecule has 100 valence electrons. The van der Waals surface area contributed by atoms with Crippen LogP contribution in [0.5, 0.6) is 0 Å².